The molecule has 2 amide bonds. The van der Waals surface area contributed by atoms with Crippen LogP contribution in [0.1, 0.15) is 29.3 Å². The molecule has 0 spiro atoms. The van der Waals surface area contributed by atoms with Gasteiger partial charge in [-0.15, -0.1) is 0 Å². The minimum Gasteiger partial charge on any atom is -0.352 e. The molecule has 1 rings (SSSR count). The molecule has 0 aliphatic heterocycles. The molecule has 0 bridgehead atoms. The van der Waals surface area contributed by atoms with E-state index in [4.69, 9.17) is 5.73 Å². The summed E-state index contributed by atoms with van der Waals surface area (Å²) in [6.07, 6.45) is 0.302. The molecule has 0 aromatic heterocycles. The lowest BCUT2D eigenvalue weighted by Crippen LogP contribution is -2.29. The summed E-state index contributed by atoms with van der Waals surface area (Å²) in [7, 11) is 3.42. The van der Waals surface area contributed by atoms with Crippen LogP contribution in [-0.2, 0) is 11.3 Å². The molecule has 0 radical (unpaired) electrons. The van der Waals surface area contributed by atoms with Crippen molar-refractivity contribution in [3.8, 4) is 0 Å². The Bertz CT molecular complexity index is 456. The number of benzene rings is 1. The number of nitrogens with one attached hydrogen (secondary N) is 1. The van der Waals surface area contributed by atoms with E-state index in [1.165, 1.54) is 4.90 Å². The first kappa shape index (κ1) is 15.2. The highest BCUT2D eigenvalue weighted by Gasteiger charge is 2.09. The van der Waals surface area contributed by atoms with Crippen molar-refractivity contribution in [3.05, 3.63) is 35.4 Å². The molecule has 0 saturated heterocycles. The molecule has 0 fully saturated rings. The van der Waals surface area contributed by atoms with Gasteiger partial charge in [-0.25, -0.2) is 0 Å². The lowest BCUT2D eigenvalue weighted by atomic mass is 10.1. The second kappa shape index (κ2) is 6.89. The largest absolute Gasteiger partial charge is 0.352 e. The minimum absolute atomic E-state index is 0.0521. The Morgan fingerprint density at radius 1 is 1.37 bits per heavy atom. The number of carbonyl (C=O) groups excluding carboxylic acids is 2. The van der Waals surface area contributed by atoms with Crippen molar-refractivity contribution < 1.29 is 9.59 Å². The Kier molecular flexibility index (Phi) is 5.51. The summed E-state index contributed by atoms with van der Waals surface area (Å²) in [6, 6.07) is 7.08. The van der Waals surface area contributed by atoms with Gasteiger partial charge in [0.25, 0.3) is 5.91 Å². The van der Waals surface area contributed by atoms with Gasteiger partial charge in [0.05, 0.1) is 0 Å². The van der Waals surface area contributed by atoms with Crippen LogP contribution >= 0.6 is 0 Å². The van der Waals surface area contributed by atoms with Gasteiger partial charge in [-0.1, -0.05) is 12.1 Å². The molecule has 1 aromatic rings. The molecular formula is C14H21N3O2. The van der Waals surface area contributed by atoms with Crippen LogP contribution in [0.25, 0.3) is 0 Å². The Morgan fingerprint density at radius 3 is 2.63 bits per heavy atom. The van der Waals surface area contributed by atoms with E-state index in [0.717, 1.165) is 5.56 Å². The molecule has 5 nitrogen and oxygen atoms in total. The van der Waals surface area contributed by atoms with Crippen molar-refractivity contribution in [1.82, 2.24) is 10.2 Å². The SMILES string of the molecule is CC(N)CC(=O)NCc1cccc(C(=O)N(C)C)c1. The van der Waals surface area contributed by atoms with E-state index in [0.29, 0.717) is 18.5 Å². The average Bonchev–Trinajstić information content (AvgIpc) is 2.35. The van der Waals surface area contributed by atoms with Gasteiger partial charge in [0.15, 0.2) is 0 Å². The summed E-state index contributed by atoms with van der Waals surface area (Å²) in [5.41, 5.74) is 7.06. The number of carbonyl (C=O) groups is 2. The summed E-state index contributed by atoms with van der Waals surface area (Å²) in [6.45, 7) is 2.19. The molecule has 0 saturated carbocycles. The summed E-state index contributed by atoms with van der Waals surface area (Å²) >= 11 is 0. The number of amides is 2. The molecule has 1 atom stereocenters. The number of nitrogens with zero attached hydrogens (tertiary/aromatic N) is 1. The van der Waals surface area contributed by atoms with E-state index in [-0.39, 0.29) is 17.9 Å². The fourth-order valence-electron chi connectivity index (χ4n) is 1.64. The first-order valence-electron chi connectivity index (χ1n) is 6.23. The van der Waals surface area contributed by atoms with Crippen LogP contribution < -0.4 is 11.1 Å². The van der Waals surface area contributed by atoms with Crippen molar-refractivity contribution >= 4 is 11.8 Å². The van der Waals surface area contributed by atoms with Crippen LogP contribution in [0.2, 0.25) is 0 Å². The fraction of sp³-hybridized carbons (Fsp3) is 0.429. The Morgan fingerprint density at radius 2 is 2.05 bits per heavy atom. The highest BCUT2D eigenvalue weighted by atomic mass is 16.2. The zero-order valence-corrected chi connectivity index (χ0v) is 11.6. The zero-order chi connectivity index (χ0) is 14.4. The predicted molar refractivity (Wildman–Crippen MR) is 74.6 cm³/mol. The molecular weight excluding hydrogens is 242 g/mol. The average molecular weight is 263 g/mol. The molecule has 0 heterocycles. The number of hydrogen-bond donors (Lipinski definition) is 2. The summed E-state index contributed by atoms with van der Waals surface area (Å²) < 4.78 is 0. The van der Waals surface area contributed by atoms with Crippen LogP contribution in [0.5, 0.6) is 0 Å². The van der Waals surface area contributed by atoms with Gasteiger partial charge in [0.1, 0.15) is 0 Å². The second-order valence-corrected chi connectivity index (χ2v) is 4.86. The van der Waals surface area contributed by atoms with E-state index in [1.54, 1.807) is 33.2 Å². The maximum absolute atomic E-state index is 11.8. The highest BCUT2D eigenvalue weighted by molar-refractivity contribution is 5.94. The molecule has 104 valence electrons. The highest BCUT2D eigenvalue weighted by Crippen LogP contribution is 2.07. The number of rotatable bonds is 5. The smallest absolute Gasteiger partial charge is 0.253 e. The van der Waals surface area contributed by atoms with Crippen LogP contribution in [0.15, 0.2) is 24.3 Å². The molecule has 0 aliphatic carbocycles. The second-order valence-electron chi connectivity index (χ2n) is 4.86. The Labute approximate surface area is 113 Å². The third-order valence-corrected chi connectivity index (χ3v) is 2.58. The van der Waals surface area contributed by atoms with Gasteiger partial charge in [0, 0.05) is 38.7 Å². The third kappa shape index (κ3) is 5.09. The summed E-state index contributed by atoms with van der Waals surface area (Å²) in [5, 5.41) is 2.78. The monoisotopic (exact) mass is 263 g/mol. The first-order valence-corrected chi connectivity index (χ1v) is 6.23. The van der Waals surface area contributed by atoms with Crippen LogP contribution in [-0.4, -0.2) is 36.9 Å². The van der Waals surface area contributed by atoms with Crippen molar-refractivity contribution in [2.75, 3.05) is 14.1 Å². The van der Waals surface area contributed by atoms with E-state index in [9.17, 15) is 9.59 Å². The van der Waals surface area contributed by atoms with E-state index < -0.39 is 0 Å². The molecule has 0 aliphatic rings. The molecule has 5 heteroatoms. The van der Waals surface area contributed by atoms with Crippen molar-refractivity contribution in [3.63, 3.8) is 0 Å². The summed E-state index contributed by atoms with van der Waals surface area (Å²) in [4.78, 5) is 24.8. The topological polar surface area (TPSA) is 75.4 Å². The van der Waals surface area contributed by atoms with Gasteiger partial charge >= 0.3 is 0 Å². The van der Waals surface area contributed by atoms with E-state index >= 15 is 0 Å². The lowest BCUT2D eigenvalue weighted by Gasteiger charge is -2.12. The zero-order valence-electron chi connectivity index (χ0n) is 11.6. The quantitative estimate of drug-likeness (QED) is 0.823. The van der Waals surface area contributed by atoms with E-state index in [1.807, 2.05) is 12.1 Å². The van der Waals surface area contributed by atoms with Crippen LogP contribution in [0.4, 0.5) is 0 Å². The molecule has 1 aromatic carbocycles. The fourth-order valence-corrected chi connectivity index (χ4v) is 1.64. The molecule has 19 heavy (non-hydrogen) atoms. The van der Waals surface area contributed by atoms with Crippen molar-refractivity contribution in [2.45, 2.75) is 25.9 Å². The van der Waals surface area contributed by atoms with Crippen molar-refractivity contribution in [2.24, 2.45) is 5.73 Å². The van der Waals surface area contributed by atoms with Crippen molar-refractivity contribution in [1.29, 1.82) is 0 Å². The van der Waals surface area contributed by atoms with Gasteiger partial charge in [-0.3, -0.25) is 9.59 Å². The lowest BCUT2D eigenvalue weighted by molar-refractivity contribution is -0.121. The van der Waals surface area contributed by atoms with Gasteiger partial charge in [-0.2, -0.15) is 0 Å². The van der Waals surface area contributed by atoms with Gasteiger partial charge in [0.2, 0.25) is 5.91 Å². The van der Waals surface area contributed by atoms with Gasteiger partial charge in [-0.05, 0) is 24.6 Å². The van der Waals surface area contributed by atoms with Gasteiger partial charge < -0.3 is 16.0 Å². The van der Waals surface area contributed by atoms with Crippen LogP contribution in [0, 0.1) is 0 Å². The summed E-state index contributed by atoms with van der Waals surface area (Å²) in [5.74, 6) is -0.136. The maximum atomic E-state index is 11.8. The Hall–Kier alpha value is -1.88. The van der Waals surface area contributed by atoms with E-state index in [2.05, 4.69) is 5.32 Å². The molecule has 1 unspecified atom stereocenters. The van der Waals surface area contributed by atoms with Crippen LogP contribution in [0.3, 0.4) is 0 Å². The number of hydrogen-bond acceptors (Lipinski definition) is 3. The third-order valence-electron chi connectivity index (χ3n) is 2.58. The Balaban J connectivity index is 2.63. The normalized spacial score (nSPS) is 11.8. The predicted octanol–water partition coefficient (Wildman–Crippen LogP) is 0.742. The number of nitrogens with two attached hydrogens (primary N) is 1. The molecule has 3 N–H and O–H groups in total. The standard InChI is InChI=1S/C14H21N3O2/c1-10(15)7-13(18)16-9-11-5-4-6-12(8-11)14(19)17(2)3/h4-6,8,10H,7,9,15H2,1-3H3,(H,16,18). The maximum Gasteiger partial charge on any atom is 0.253 e. The first-order chi connectivity index (χ1) is 8.90. The minimum atomic E-state index is -0.151.